The zero-order chi connectivity index (χ0) is 27.9. The SMILES string of the molecule is CCCCCCc1nc(-c2ccc(C(F)(F)F)cc2)sc1C/C=C/c1ccc(OC(C)(C)C(=O)O)c(C)c1. The number of nitrogens with zero attached hydrogens (tertiary/aromatic N) is 1. The Hall–Kier alpha value is -3.13. The molecule has 0 bridgehead atoms. The number of carbonyl (C=O) groups is 1. The van der Waals surface area contributed by atoms with Crippen LogP contribution in [0.5, 0.6) is 5.75 Å². The number of rotatable bonds is 12. The lowest BCUT2D eigenvalue weighted by molar-refractivity contribution is -0.152. The van der Waals surface area contributed by atoms with Gasteiger partial charge in [-0.05, 0) is 69.0 Å². The number of carboxylic acids is 1. The highest BCUT2D eigenvalue weighted by Crippen LogP contribution is 2.34. The second-order valence-corrected chi connectivity index (χ2v) is 10.9. The number of unbranched alkanes of at least 4 members (excludes halogenated alkanes) is 3. The molecule has 0 saturated heterocycles. The first-order valence-electron chi connectivity index (χ1n) is 12.8. The second kappa shape index (κ2) is 12.6. The van der Waals surface area contributed by atoms with Gasteiger partial charge in [0.05, 0.1) is 11.3 Å². The van der Waals surface area contributed by atoms with Gasteiger partial charge in [-0.1, -0.05) is 56.5 Å². The summed E-state index contributed by atoms with van der Waals surface area (Å²) in [5.74, 6) is -0.515. The molecule has 0 aliphatic carbocycles. The van der Waals surface area contributed by atoms with Crippen LogP contribution in [-0.4, -0.2) is 21.7 Å². The van der Waals surface area contributed by atoms with E-state index in [0.29, 0.717) is 17.7 Å². The van der Waals surface area contributed by atoms with Gasteiger partial charge >= 0.3 is 12.1 Å². The average Bonchev–Trinajstić information content (AvgIpc) is 3.26. The molecule has 0 fully saturated rings. The number of benzene rings is 2. The molecule has 0 amide bonds. The number of ether oxygens (including phenoxy) is 1. The molecule has 4 nitrogen and oxygen atoms in total. The highest BCUT2D eigenvalue weighted by Gasteiger charge is 2.30. The van der Waals surface area contributed by atoms with E-state index in [1.165, 1.54) is 37.3 Å². The molecule has 38 heavy (non-hydrogen) atoms. The minimum absolute atomic E-state index is 0.521. The maximum Gasteiger partial charge on any atom is 0.416 e. The largest absolute Gasteiger partial charge is 0.478 e. The Balaban J connectivity index is 1.77. The summed E-state index contributed by atoms with van der Waals surface area (Å²) >= 11 is 1.52. The van der Waals surface area contributed by atoms with Gasteiger partial charge in [-0.3, -0.25) is 0 Å². The first-order valence-corrected chi connectivity index (χ1v) is 13.6. The van der Waals surface area contributed by atoms with E-state index in [1.807, 2.05) is 25.1 Å². The van der Waals surface area contributed by atoms with Crippen molar-refractivity contribution in [2.24, 2.45) is 0 Å². The molecule has 0 saturated carbocycles. The summed E-state index contributed by atoms with van der Waals surface area (Å²) in [5.41, 5.74) is 1.48. The number of aryl methyl sites for hydroxylation is 2. The van der Waals surface area contributed by atoms with Crippen LogP contribution < -0.4 is 4.74 Å². The van der Waals surface area contributed by atoms with Crippen LogP contribution in [0.2, 0.25) is 0 Å². The lowest BCUT2D eigenvalue weighted by Gasteiger charge is -2.22. The lowest BCUT2D eigenvalue weighted by atomic mass is 10.1. The van der Waals surface area contributed by atoms with Crippen molar-refractivity contribution < 1.29 is 27.8 Å². The Kier molecular flexibility index (Phi) is 9.77. The zero-order valence-corrected chi connectivity index (χ0v) is 23.0. The molecule has 0 aliphatic rings. The van der Waals surface area contributed by atoms with E-state index >= 15 is 0 Å². The summed E-state index contributed by atoms with van der Waals surface area (Å²) in [5, 5.41) is 10.0. The molecule has 0 atom stereocenters. The van der Waals surface area contributed by atoms with Crippen molar-refractivity contribution in [1.82, 2.24) is 4.98 Å². The number of thiazole rings is 1. The predicted octanol–water partition coefficient (Wildman–Crippen LogP) is 8.76. The molecule has 204 valence electrons. The lowest BCUT2D eigenvalue weighted by Crippen LogP contribution is -2.38. The van der Waals surface area contributed by atoms with Gasteiger partial charge in [0.15, 0.2) is 5.60 Å². The first-order chi connectivity index (χ1) is 17.9. The van der Waals surface area contributed by atoms with E-state index in [9.17, 15) is 23.1 Å². The Labute approximate surface area is 226 Å². The molecular formula is C30H34F3NO3S. The topological polar surface area (TPSA) is 59.4 Å². The summed E-state index contributed by atoms with van der Waals surface area (Å²) in [6.45, 7) is 7.06. The van der Waals surface area contributed by atoms with Crippen LogP contribution in [0.15, 0.2) is 48.5 Å². The molecule has 2 aromatic carbocycles. The van der Waals surface area contributed by atoms with E-state index in [-0.39, 0.29) is 0 Å². The van der Waals surface area contributed by atoms with E-state index in [0.717, 1.165) is 70.9 Å². The molecule has 0 spiro atoms. The Morgan fingerprint density at radius 3 is 2.39 bits per heavy atom. The summed E-state index contributed by atoms with van der Waals surface area (Å²) < 4.78 is 44.6. The van der Waals surface area contributed by atoms with Crippen LogP contribution in [0.4, 0.5) is 13.2 Å². The third-order valence-corrected chi connectivity index (χ3v) is 7.37. The molecule has 0 aliphatic heterocycles. The normalized spacial score (nSPS) is 12.3. The molecule has 1 aromatic heterocycles. The average molecular weight is 546 g/mol. The van der Waals surface area contributed by atoms with Crippen molar-refractivity contribution in [2.45, 2.75) is 78.0 Å². The second-order valence-electron chi connectivity index (χ2n) is 9.82. The fourth-order valence-corrected chi connectivity index (χ4v) is 4.98. The Morgan fingerprint density at radius 1 is 1.08 bits per heavy atom. The number of aliphatic carboxylic acids is 1. The van der Waals surface area contributed by atoms with Crippen molar-refractivity contribution in [1.29, 1.82) is 0 Å². The highest BCUT2D eigenvalue weighted by molar-refractivity contribution is 7.15. The predicted molar refractivity (Wildman–Crippen MR) is 147 cm³/mol. The van der Waals surface area contributed by atoms with Crippen LogP contribution in [-0.2, 0) is 23.8 Å². The number of allylic oxidation sites excluding steroid dienone is 1. The van der Waals surface area contributed by atoms with Gasteiger partial charge in [0.25, 0.3) is 0 Å². The van der Waals surface area contributed by atoms with E-state index in [2.05, 4.69) is 13.0 Å². The van der Waals surface area contributed by atoms with Gasteiger partial charge in [0.1, 0.15) is 10.8 Å². The zero-order valence-electron chi connectivity index (χ0n) is 22.2. The fraction of sp³-hybridized carbons (Fsp3) is 0.400. The molecular weight excluding hydrogens is 511 g/mol. The van der Waals surface area contributed by atoms with E-state index < -0.39 is 23.3 Å². The van der Waals surface area contributed by atoms with Gasteiger partial charge in [0.2, 0.25) is 0 Å². The number of alkyl halides is 3. The Bertz CT molecular complexity index is 1260. The monoisotopic (exact) mass is 545 g/mol. The van der Waals surface area contributed by atoms with Gasteiger partial charge < -0.3 is 9.84 Å². The molecule has 3 aromatic rings. The van der Waals surface area contributed by atoms with Gasteiger partial charge in [-0.2, -0.15) is 13.2 Å². The molecule has 1 N–H and O–H groups in total. The Morgan fingerprint density at radius 2 is 1.79 bits per heavy atom. The molecule has 8 heteroatoms. The van der Waals surface area contributed by atoms with Crippen LogP contribution >= 0.6 is 11.3 Å². The van der Waals surface area contributed by atoms with Gasteiger partial charge in [-0.25, -0.2) is 9.78 Å². The maximum atomic E-state index is 13.0. The quantitative estimate of drug-likeness (QED) is 0.231. The van der Waals surface area contributed by atoms with Crippen molar-refractivity contribution in [3.8, 4) is 16.3 Å². The number of halogens is 3. The van der Waals surface area contributed by atoms with E-state index in [1.54, 1.807) is 6.07 Å². The summed E-state index contributed by atoms with van der Waals surface area (Å²) in [4.78, 5) is 17.3. The highest BCUT2D eigenvalue weighted by atomic mass is 32.1. The summed E-state index contributed by atoms with van der Waals surface area (Å²) in [6.07, 6.45) is 5.62. The molecule has 3 rings (SSSR count). The van der Waals surface area contributed by atoms with Crippen LogP contribution in [0, 0.1) is 6.92 Å². The van der Waals surface area contributed by atoms with Crippen molar-refractivity contribution >= 4 is 23.4 Å². The standard InChI is InChI=1S/C30H34F3NO3S/c1-5-6-7-8-11-24-26(38-27(34-24)22-14-16-23(17-15-22)30(31,32)33)12-9-10-21-13-18-25(20(2)19-21)37-29(3,4)28(35)36/h9-10,13-19H,5-8,11-12H2,1-4H3,(H,35,36)/b10-9+. The smallest absolute Gasteiger partial charge is 0.416 e. The third-order valence-electron chi connectivity index (χ3n) is 6.20. The van der Waals surface area contributed by atoms with E-state index in [4.69, 9.17) is 9.72 Å². The minimum atomic E-state index is -4.36. The van der Waals surface area contributed by atoms with Crippen LogP contribution in [0.25, 0.3) is 16.6 Å². The van der Waals surface area contributed by atoms with Crippen LogP contribution in [0.3, 0.4) is 0 Å². The third kappa shape index (κ3) is 7.93. The van der Waals surface area contributed by atoms with Crippen molar-refractivity contribution in [3.63, 3.8) is 0 Å². The summed E-state index contributed by atoms with van der Waals surface area (Å²) in [6, 6.07) is 10.8. The van der Waals surface area contributed by atoms with Crippen molar-refractivity contribution in [3.05, 3.63) is 75.8 Å². The molecule has 1 heterocycles. The number of hydrogen-bond acceptors (Lipinski definition) is 4. The van der Waals surface area contributed by atoms with Gasteiger partial charge in [-0.15, -0.1) is 11.3 Å². The fourth-order valence-electron chi connectivity index (χ4n) is 3.89. The summed E-state index contributed by atoms with van der Waals surface area (Å²) in [7, 11) is 0. The van der Waals surface area contributed by atoms with Crippen molar-refractivity contribution in [2.75, 3.05) is 0 Å². The molecule has 0 radical (unpaired) electrons. The number of aromatic nitrogens is 1. The number of carboxylic acid groups (broad SMARTS) is 1. The maximum absolute atomic E-state index is 13.0. The first kappa shape index (κ1) is 29.4. The van der Waals surface area contributed by atoms with Crippen LogP contribution in [0.1, 0.15) is 73.7 Å². The van der Waals surface area contributed by atoms with Gasteiger partial charge in [0, 0.05) is 16.9 Å². The minimum Gasteiger partial charge on any atom is -0.478 e. The number of hydrogen-bond donors (Lipinski definition) is 1. The molecule has 0 unspecified atom stereocenters.